The summed E-state index contributed by atoms with van der Waals surface area (Å²) in [5.41, 5.74) is 0.495. The van der Waals surface area contributed by atoms with Crippen LogP contribution in [0, 0.1) is 40.9 Å². The molecule has 0 saturated carbocycles. The van der Waals surface area contributed by atoms with Crippen molar-refractivity contribution in [2.75, 3.05) is 13.1 Å². The fraction of sp³-hybridized carbons (Fsp3) is 0.346. The monoisotopic (exact) mass is 475 g/mol. The molecule has 3 aliphatic rings. The Bertz CT molecular complexity index is 1250. The fourth-order valence-corrected chi connectivity index (χ4v) is 6.07. The van der Waals surface area contributed by atoms with Gasteiger partial charge in [-0.25, -0.2) is 22.0 Å². The molecule has 3 aliphatic heterocycles. The summed E-state index contributed by atoms with van der Waals surface area (Å²) in [5, 5.41) is 12.4. The number of fused-ring (bicyclic) bond motifs is 4. The minimum Gasteiger partial charge on any atom is -0.382 e. The molecule has 5 atom stereocenters. The number of nitrogens with zero attached hydrogens (tertiary/aromatic N) is 2. The van der Waals surface area contributed by atoms with Crippen LogP contribution in [0.15, 0.2) is 49.2 Å². The Labute approximate surface area is 193 Å². The van der Waals surface area contributed by atoms with E-state index in [1.807, 2.05) is 24.3 Å². The van der Waals surface area contributed by atoms with Crippen molar-refractivity contribution >= 4 is 10.9 Å². The summed E-state index contributed by atoms with van der Waals surface area (Å²) in [4.78, 5) is 4.33. The number of halogens is 5. The molecule has 1 unspecified atom stereocenters. The number of para-hydroxylation sites is 1. The third-order valence-electron chi connectivity index (χ3n) is 7.82. The van der Waals surface area contributed by atoms with Crippen molar-refractivity contribution in [1.82, 2.24) is 4.98 Å². The second-order valence-corrected chi connectivity index (χ2v) is 9.44. The molecule has 3 fully saturated rings. The van der Waals surface area contributed by atoms with Crippen LogP contribution in [0.5, 0.6) is 0 Å². The Morgan fingerprint density at radius 2 is 1.71 bits per heavy atom. The second-order valence-electron chi connectivity index (χ2n) is 9.44. The van der Waals surface area contributed by atoms with Crippen molar-refractivity contribution in [1.29, 1.82) is 0 Å². The van der Waals surface area contributed by atoms with Gasteiger partial charge in [0.25, 0.3) is 0 Å². The number of rotatable bonds is 5. The molecule has 3 saturated heterocycles. The lowest BCUT2D eigenvalue weighted by Crippen LogP contribution is -2.67. The highest BCUT2D eigenvalue weighted by atomic mass is 19.2. The molecule has 1 N–H and O–H groups in total. The molecule has 0 radical (unpaired) electrons. The Morgan fingerprint density at radius 1 is 1.03 bits per heavy atom. The largest absolute Gasteiger partial charge is 0.382 e. The number of piperidine rings is 3. The van der Waals surface area contributed by atoms with Gasteiger partial charge in [-0.15, -0.1) is 6.58 Å². The molecule has 0 amide bonds. The van der Waals surface area contributed by atoms with E-state index in [4.69, 9.17) is 0 Å². The predicted octanol–water partition coefficient (Wildman–Crippen LogP) is 5.58. The number of aliphatic hydroxyl groups excluding tert-OH is 1. The maximum atomic E-state index is 14.7. The summed E-state index contributed by atoms with van der Waals surface area (Å²) >= 11 is 0. The van der Waals surface area contributed by atoms with E-state index in [9.17, 15) is 27.1 Å². The highest BCUT2D eigenvalue weighted by Crippen LogP contribution is 2.48. The summed E-state index contributed by atoms with van der Waals surface area (Å²) in [7, 11) is 0. The predicted molar refractivity (Wildman–Crippen MR) is 117 cm³/mol. The molecule has 0 aliphatic carbocycles. The standard InChI is InChI=1S/C26H24F5N2O/c1-2-14-12-33(13-18-21(27)23(29)25(31)24(30)22(18)28)10-8-15(14)11-20(33)26(34)17-7-9-32-19-6-4-3-5-16(17)19/h2-7,9,14-15,20,26,34H,1,8,10-13H2/q+1/t14-,15-,20+,26-,33?/m0/s1. The van der Waals surface area contributed by atoms with E-state index in [0.717, 1.165) is 5.39 Å². The van der Waals surface area contributed by atoms with Gasteiger partial charge < -0.3 is 9.59 Å². The Balaban J connectivity index is 1.61. The van der Waals surface area contributed by atoms with Gasteiger partial charge in [0, 0.05) is 30.3 Å². The minimum absolute atomic E-state index is 0.0172. The summed E-state index contributed by atoms with van der Waals surface area (Å²) in [6.07, 6.45) is 3.64. The number of quaternary nitrogens is 1. The fourth-order valence-electron chi connectivity index (χ4n) is 6.07. The van der Waals surface area contributed by atoms with E-state index in [1.54, 1.807) is 18.3 Å². The van der Waals surface area contributed by atoms with Crippen molar-refractivity contribution in [3.63, 3.8) is 0 Å². The topological polar surface area (TPSA) is 33.1 Å². The number of aliphatic hydroxyl groups is 1. The highest BCUT2D eigenvalue weighted by Gasteiger charge is 2.54. The molecule has 2 bridgehead atoms. The Hall–Kier alpha value is -2.84. The Morgan fingerprint density at radius 3 is 2.41 bits per heavy atom. The molecule has 3 aromatic rings. The lowest BCUT2D eigenvalue weighted by Gasteiger charge is -2.58. The van der Waals surface area contributed by atoms with Gasteiger partial charge in [-0.05, 0) is 23.6 Å². The third-order valence-corrected chi connectivity index (χ3v) is 7.82. The maximum absolute atomic E-state index is 14.7. The first-order valence-corrected chi connectivity index (χ1v) is 11.3. The SMILES string of the molecule is C=C[C@H]1C[N+]2(Cc3c(F)c(F)c(F)c(F)c3F)CC[C@H]1C[C@@H]2[C@@H](O)c1ccnc2ccccc12. The van der Waals surface area contributed by atoms with Crippen LogP contribution in [0.2, 0.25) is 0 Å². The molecular weight excluding hydrogens is 451 g/mol. The maximum Gasteiger partial charge on any atom is 0.200 e. The quantitative estimate of drug-likeness (QED) is 0.172. The highest BCUT2D eigenvalue weighted by molar-refractivity contribution is 5.82. The van der Waals surface area contributed by atoms with Gasteiger partial charge >= 0.3 is 0 Å². The van der Waals surface area contributed by atoms with Gasteiger partial charge in [0.15, 0.2) is 23.3 Å². The summed E-state index contributed by atoms with van der Waals surface area (Å²) in [5.74, 6) is -9.44. The minimum atomic E-state index is -2.17. The van der Waals surface area contributed by atoms with Crippen LogP contribution in [-0.4, -0.2) is 33.7 Å². The van der Waals surface area contributed by atoms with Crippen LogP contribution in [0.1, 0.15) is 30.1 Å². The van der Waals surface area contributed by atoms with E-state index in [-0.39, 0.29) is 16.3 Å². The van der Waals surface area contributed by atoms with Gasteiger partial charge in [0.2, 0.25) is 5.82 Å². The van der Waals surface area contributed by atoms with Crippen LogP contribution in [0.3, 0.4) is 0 Å². The van der Waals surface area contributed by atoms with Gasteiger partial charge in [-0.2, -0.15) is 0 Å². The van der Waals surface area contributed by atoms with E-state index in [2.05, 4.69) is 11.6 Å². The molecule has 2 aromatic carbocycles. The van der Waals surface area contributed by atoms with Gasteiger partial charge in [-0.1, -0.05) is 24.3 Å². The number of benzene rings is 2. The molecule has 0 spiro atoms. The summed E-state index contributed by atoms with van der Waals surface area (Å²) in [6.45, 7) is 4.34. The zero-order valence-electron chi connectivity index (χ0n) is 18.3. The van der Waals surface area contributed by atoms with Gasteiger partial charge in [-0.3, -0.25) is 4.98 Å². The lowest BCUT2D eigenvalue weighted by atomic mass is 9.71. The average Bonchev–Trinajstić information content (AvgIpc) is 2.88. The van der Waals surface area contributed by atoms with Crippen molar-refractivity contribution in [3.05, 3.63) is 89.4 Å². The van der Waals surface area contributed by atoms with Crippen LogP contribution in [-0.2, 0) is 6.54 Å². The van der Waals surface area contributed by atoms with Gasteiger partial charge in [0.1, 0.15) is 18.7 Å². The van der Waals surface area contributed by atoms with Crippen molar-refractivity contribution in [3.8, 4) is 0 Å². The number of hydrogen-bond donors (Lipinski definition) is 1. The zero-order chi connectivity index (χ0) is 24.2. The molecule has 3 nitrogen and oxygen atoms in total. The molecule has 178 valence electrons. The molecule has 4 heterocycles. The van der Waals surface area contributed by atoms with Crippen LogP contribution < -0.4 is 0 Å². The van der Waals surface area contributed by atoms with Crippen LogP contribution in [0.25, 0.3) is 10.9 Å². The normalized spacial score (nSPS) is 27.2. The lowest BCUT2D eigenvalue weighted by molar-refractivity contribution is -0.985. The number of aromatic nitrogens is 1. The molecule has 1 aromatic heterocycles. The van der Waals surface area contributed by atoms with Crippen molar-refractivity contribution < 1.29 is 31.5 Å². The smallest absolute Gasteiger partial charge is 0.200 e. The first-order valence-electron chi connectivity index (χ1n) is 11.3. The third kappa shape index (κ3) is 3.43. The molecular formula is C26H24F5N2O+. The average molecular weight is 475 g/mol. The summed E-state index contributed by atoms with van der Waals surface area (Å²) < 4.78 is 71.1. The molecule has 6 rings (SSSR count). The summed E-state index contributed by atoms with van der Waals surface area (Å²) in [6, 6.07) is 8.57. The van der Waals surface area contributed by atoms with E-state index in [1.165, 1.54) is 0 Å². The van der Waals surface area contributed by atoms with E-state index >= 15 is 0 Å². The Kier molecular flexibility index (Phi) is 5.68. The molecule has 8 heteroatoms. The second kappa shape index (κ2) is 8.43. The van der Waals surface area contributed by atoms with Gasteiger partial charge in [0.05, 0.1) is 24.2 Å². The van der Waals surface area contributed by atoms with Crippen molar-refractivity contribution in [2.24, 2.45) is 11.8 Å². The van der Waals surface area contributed by atoms with Crippen molar-refractivity contribution in [2.45, 2.75) is 31.5 Å². The zero-order valence-corrected chi connectivity index (χ0v) is 18.3. The number of pyridine rings is 1. The first-order chi connectivity index (χ1) is 16.3. The van der Waals surface area contributed by atoms with Crippen LogP contribution in [0.4, 0.5) is 22.0 Å². The number of hydrogen-bond acceptors (Lipinski definition) is 2. The van der Waals surface area contributed by atoms with E-state index < -0.39 is 53.3 Å². The first kappa shape index (κ1) is 22.9. The molecule has 34 heavy (non-hydrogen) atoms. The van der Waals surface area contributed by atoms with E-state index in [0.29, 0.717) is 37.0 Å². The van der Waals surface area contributed by atoms with Crippen LogP contribution >= 0.6 is 0 Å².